The van der Waals surface area contributed by atoms with E-state index in [0.29, 0.717) is 17.1 Å². The maximum Gasteiger partial charge on any atom is 0.294 e. The second kappa shape index (κ2) is 11.5. The average Bonchev–Trinajstić information content (AvgIpc) is 2.91. The Balaban J connectivity index is 1.46. The Morgan fingerprint density at radius 1 is 0.425 bits per heavy atom. The molecule has 0 atom stereocenters. The van der Waals surface area contributed by atoms with Crippen molar-refractivity contribution >= 4 is 54.4 Å². The number of nitrogens with zero attached hydrogens (tertiary/aromatic N) is 6. The van der Waals surface area contributed by atoms with Crippen molar-refractivity contribution in [2.45, 2.75) is 9.79 Å². The van der Waals surface area contributed by atoms with E-state index in [-0.39, 0.29) is 32.6 Å². The van der Waals surface area contributed by atoms with Gasteiger partial charge >= 0.3 is 0 Å². The molecule has 0 aromatic heterocycles. The lowest BCUT2D eigenvalue weighted by Crippen LogP contribution is -1.96. The summed E-state index contributed by atoms with van der Waals surface area (Å²) >= 11 is 0. The van der Waals surface area contributed by atoms with Crippen molar-refractivity contribution in [1.29, 1.82) is 0 Å². The molecule has 0 aliphatic rings. The van der Waals surface area contributed by atoms with E-state index in [1.54, 1.807) is 24.3 Å². The molecule has 0 heterocycles. The Morgan fingerprint density at radius 2 is 0.700 bits per heavy atom. The maximum atomic E-state index is 11.1. The van der Waals surface area contributed by atoms with Gasteiger partial charge in [0.05, 0.1) is 32.5 Å². The highest BCUT2D eigenvalue weighted by atomic mass is 32.2. The van der Waals surface area contributed by atoms with Crippen molar-refractivity contribution in [2.75, 3.05) is 0 Å². The number of azo groups is 3. The zero-order chi connectivity index (χ0) is 28.9. The number of phenols is 2. The molecule has 0 amide bonds. The Hall–Kier alpha value is -4.90. The molecule has 40 heavy (non-hydrogen) atoms. The van der Waals surface area contributed by atoms with E-state index in [2.05, 4.69) is 30.7 Å². The van der Waals surface area contributed by atoms with Crippen LogP contribution in [-0.2, 0) is 20.2 Å². The van der Waals surface area contributed by atoms with Gasteiger partial charge in [0, 0.05) is 12.1 Å². The molecule has 0 unspecified atom stereocenters. The van der Waals surface area contributed by atoms with Crippen molar-refractivity contribution in [3.63, 3.8) is 0 Å². The van der Waals surface area contributed by atoms with Crippen molar-refractivity contribution in [1.82, 2.24) is 0 Å². The first-order valence-corrected chi connectivity index (χ1v) is 13.8. The fourth-order valence-corrected chi connectivity index (χ4v) is 3.97. The van der Waals surface area contributed by atoms with Crippen LogP contribution in [0, 0.1) is 0 Å². The topological polar surface area (TPSA) is 223 Å². The van der Waals surface area contributed by atoms with Gasteiger partial charge in [0.15, 0.2) is 0 Å². The van der Waals surface area contributed by atoms with Gasteiger partial charge in [-0.2, -0.15) is 37.3 Å². The smallest absolute Gasteiger partial charge is 0.294 e. The third-order valence-electron chi connectivity index (χ3n) is 5.02. The number of phenolic OH excluding ortho intramolecular Hbond substituents is 2. The van der Waals surface area contributed by atoms with E-state index < -0.39 is 26.0 Å². The van der Waals surface area contributed by atoms with Gasteiger partial charge in [-0.1, -0.05) is 0 Å². The largest absolute Gasteiger partial charge is 0.505 e. The minimum absolute atomic E-state index is 0.0226. The molecule has 16 heteroatoms. The van der Waals surface area contributed by atoms with Crippen LogP contribution in [0.3, 0.4) is 0 Å². The van der Waals surface area contributed by atoms with E-state index in [0.717, 1.165) is 18.2 Å². The van der Waals surface area contributed by atoms with Crippen molar-refractivity contribution in [3.05, 3.63) is 84.9 Å². The first-order chi connectivity index (χ1) is 18.9. The Bertz CT molecular complexity index is 1840. The first kappa shape index (κ1) is 28.1. The molecule has 0 aliphatic carbocycles. The highest BCUT2D eigenvalue weighted by molar-refractivity contribution is 7.86. The van der Waals surface area contributed by atoms with Gasteiger partial charge in [-0.25, -0.2) is 0 Å². The lowest BCUT2D eigenvalue weighted by Gasteiger charge is -2.03. The number of rotatable bonds is 8. The molecule has 0 saturated carbocycles. The van der Waals surface area contributed by atoms with Crippen LogP contribution in [0.4, 0.5) is 34.1 Å². The number of aromatic hydroxyl groups is 2. The second-order valence-corrected chi connectivity index (χ2v) is 10.7. The lowest BCUT2D eigenvalue weighted by molar-refractivity contribution is 0.452. The Morgan fingerprint density at radius 3 is 1.00 bits per heavy atom. The van der Waals surface area contributed by atoms with Crippen LogP contribution in [0.1, 0.15) is 0 Å². The third kappa shape index (κ3) is 7.35. The lowest BCUT2D eigenvalue weighted by atomic mass is 10.2. The third-order valence-corrected chi connectivity index (χ3v) is 6.75. The van der Waals surface area contributed by atoms with Crippen LogP contribution in [0.5, 0.6) is 11.5 Å². The highest BCUT2D eigenvalue weighted by Crippen LogP contribution is 2.39. The summed E-state index contributed by atoms with van der Waals surface area (Å²) in [5.41, 5.74) is 1.37. The zero-order valence-corrected chi connectivity index (χ0v) is 21.6. The van der Waals surface area contributed by atoms with Crippen LogP contribution in [-0.4, -0.2) is 36.2 Å². The van der Waals surface area contributed by atoms with E-state index in [4.69, 9.17) is 9.11 Å². The van der Waals surface area contributed by atoms with Crippen molar-refractivity contribution in [3.8, 4) is 11.5 Å². The first-order valence-electron chi connectivity index (χ1n) is 10.9. The molecule has 204 valence electrons. The quantitative estimate of drug-likeness (QED) is 0.127. The average molecular weight is 583 g/mol. The van der Waals surface area contributed by atoms with E-state index in [9.17, 15) is 27.0 Å². The predicted octanol–water partition coefficient (Wildman–Crippen LogP) is 6.84. The summed E-state index contributed by atoms with van der Waals surface area (Å²) in [5, 5.41) is 44.0. The Kier molecular flexibility index (Phi) is 8.05. The van der Waals surface area contributed by atoms with Gasteiger partial charge in [0.1, 0.15) is 22.9 Å². The molecule has 0 fully saturated rings. The normalized spacial score (nSPS) is 12.6. The van der Waals surface area contributed by atoms with Crippen molar-refractivity contribution in [2.24, 2.45) is 30.7 Å². The molecule has 0 radical (unpaired) electrons. The van der Waals surface area contributed by atoms with Gasteiger partial charge in [0.25, 0.3) is 20.2 Å². The summed E-state index contributed by atoms with van der Waals surface area (Å²) in [4.78, 5) is -0.574. The second-order valence-electron chi connectivity index (χ2n) is 7.88. The molecule has 0 spiro atoms. The van der Waals surface area contributed by atoms with Crippen LogP contribution in [0.25, 0.3) is 0 Å². The summed E-state index contributed by atoms with van der Waals surface area (Å²) < 4.78 is 62.5. The Labute approximate surface area is 227 Å². The number of hydrogen-bond donors (Lipinski definition) is 4. The molecule has 0 saturated heterocycles. The molecule has 4 aromatic carbocycles. The maximum absolute atomic E-state index is 11.1. The van der Waals surface area contributed by atoms with Gasteiger partial charge in [0.2, 0.25) is 0 Å². The van der Waals surface area contributed by atoms with E-state index in [1.165, 1.54) is 42.5 Å². The molecule has 4 rings (SSSR count). The number of benzene rings is 4. The molecular formula is C24H18N6O8S2. The SMILES string of the molecule is O=S(=O)(O)c1ccc(N=Nc2ccc(N=Nc3cc(N=Nc4ccc(S(=O)(=O)O)cc4)c(O)cc3O)cc2)cc1. The van der Waals surface area contributed by atoms with Gasteiger partial charge in [-0.15, -0.1) is 10.2 Å². The van der Waals surface area contributed by atoms with Crippen LogP contribution >= 0.6 is 0 Å². The molecular weight excluding hydrogens is 564 g/mol. The van der Waals surface area contributed by atoms with Gasteiger partial charge in [-0.05, 0) is 72.8 Å². The predicted molar refractivity (Wildman–Crippen MR) is 141 cm³/mol. The van der Waals surface area contributed by atoms with E-state index >= 15 is 0 Å². The zero-order valence-electron chi connectivity index (χ0n) is 20.0. The van der Waals surface area contributed by atoms with Gasteiger partial charge in [-0.3, -0.25) is 9.11 Å². The standard InChI is InChI=1S/C24H18N6O8S2/c31-23-14-24(32)22(30-28-18-7-11-20(12-8-18)40(36,37)38)13-21(23)29-27-16-3-1-15(2-4-16)25-26-17-5-9-19(10-6-17)39(33,34)35/h1-14,31-32H,(H,33,34,35)(H,36,37,38). The van der Waals surface area contributed by atoms with Crippen LogP contribution < -0.4 is 0 Å². The number of hydrogen-bond acceptors (Lipinski definition) is 12. The fourth-order valence-electron chi connectivity index (χ4n) is 3.01. The van der Waals surface area contributed by atoms with Gasteiger partial charge < -0.3 is 10.2 Å². The summed E-state index contributed by atoms with van der Waals surface area (Å²) in [6.07, 6.45) is 0. The van der Waals surface area contributed by atoms with Crippen LogP contribution in [0.15, 0.2) is 125 Å². The van der Waals surface area contributed by atoms with Crippen LogP contribution in [0.2, 0.25) is 0 Å². The molecule has 0 aliphatic heterocycles. The monoisotopic (exact) mass is 582 g/mol. The minimum Gasteiger partial charge on any atom is -0.505 e. The van der Waals surface area contributed by atoms with Crippen molar-refractivity contribution < 1.29 is 36.2 Å². The summed E-state index contributed by atoms with van der Waals surface area (Å²) in [6.45, 7) is 0. The fraction of sp³-hybridized carbons (Fsp3) is 0. The van der Waals surface area contributed by atoms with E-state index in [1.807, 2.05) is 0 Å². The highest BCUT2D eigenvalue weighted by Gasteiger charge is 2.11. The summed E-state index contributed by atoms with van der Waals surface area (Å²) in [6, 6.07) is 18.6. The minimum atomic E-state index is -4.35. The molecule has 0 bridgehead atoms. The molecule has 14 nitrogen and oxygen atoms in total. The molecule has 4 aromatic rings. The summed E-state index contributed by atoms with van der Waals surface area (Å²) in [7, 11) is -8.65. The molecule has 4 N–H and O–H groups in total. The summed E-state index contributed by atoms with van der Waals surface area (Å²) in [5.74, 6) is -0.764.